The van der Waals surface area contributed by atoms with Crippen LogP contribution in [0.4, 0.5) is 5.69 Å². The monoisotopic (exact) mass is 522 g/mol. The van der Waals surface area contributed by atoms with Gasteiger partial charge >= 0.3 is 5.97 Å². The Morgan fingerprint density at radius 1 is 1.05 bits per heavy atom. The number of benzene rings is 2. The van der Waals surface area contributed by atoms with Crippen LogP contribution in [-0.4, -0.2) is 22.5 Å². The van der Waals surface area contributed by atoms with E-state index in [1.54, 1.807) is 19.2 Å². The average molecular weight is 523 g/mol. The first-order valence-corrected chi connectivity index (χ1v) is 14.7. The Kier molecular flexibility index (Phi) is 10.4. The maximum absolute atomic E-state index is 11.1. The smallest absolute Gasteiger partial charge is 0.335 e. The molecule has 1 aliphatic heterocycles. The van der Waals surface area contributed by atoms with Crippen molar-refractivity contribution in [1.82, 2.24) is 4.31 Å². The lowest BCUT2D eigenvalue weighted by atomic mass is 9.86. The van der Waals surface area contributed by atoms with Gasteiger partial charge in [-0.25, -0.2) is 9.10 Å². The Morgan fingerprint density at radius 2 is 1.86 bits per heavy atom. The highest BCUT2D eigenvalue weighted by Crippen LogP contribution is 2.35. The SMILES string of the molecule is CCCC1CCCCC1.COc1cc(C(=O)O)ccc1NSN1Cc2ccc(C3=CCCCC3)cc2C1. The minimum Gasteiger partial charge on any atom is -0.495 e. The molecule has 1 heterocycles. The van der Waals surface area contributed by atoms with Gasteiger partial charge in [0.05, 0.1) is 18.4 Å². The van der Waals surface area contributed by atoms with Crippen LogP contribution in [0.3, 0.4) is 0 Å². The summed E-state index contributed by atoms with van der Waals surface area (Å²) in [6.45, 7) is 4.06. The third-order valence-electron chi connectivity index (χ3n) is 7.72. The Bertz CT molecular complexity index is 1080. The molecular formula is C31H42N2O3S. The lowest BCUT2D eigenvalue weighted by Crippen LogP contribution is -2.10. The Labute approximate surface area is 226 Å². The maximum atomic E-state index is 11.1. The molecule has 1 fully saturated rings. The van der Waals surface area contributed by atoms with Crippen molar-refractivity contribution in [2.45, 2.75) is 90.6 Å². The fourth-order valence-electron chi connectivity index (χ4n) is 5.63. The Hall–Kier alpha value is -2.44. The van der Waals surface area contributed by atoms with Gasteiger partial charge in [0.15, 0.2) is 0 Å². The first kappa shape index (κ1) is 27.6. The summed E-state index contributed by atoms with van der Waals surface area (Å²) in [5.74, 6) is 0.663. The number of carboxylic acid groups (broad SMARTS) is 1. The van der Waals surface area contributed by atoms with E-state index in [1.807, 2.05) is 0 Å². The lowest BCUT2D eigenvalue weighted by molar-refractivity contribution is 0.0696. The molecular weight excluding hydrogens is 480 g/mol. The molecule has 0 unspecified atom stereocenters. The van der Waals surface area contributed by atoms with Crippen molar-refractivity contribution < 1.29 is 14.6 Å². The molecule has 0 saturated heterocycles. The van der Waals surface area contributed by atoms with E-state index in [0.29, 0.717) is 5.75 Å². The van der Waals surface area contributed by atoms with Crippen LogP contribution < -0.4 is 9.46 Å². The summed E-state index contributed by atoms with van der Waals surface area (Å²) in [5.41, 5.74) is 6.58. The number of anilines is 1. The number of rotatable bonds is 8. The summed E-state index contributed by atoms with van der Waals surface area (Å²) >= 11 is 1.52. The molecule has 6 heteroatoms. The standard InChI is InChI=1S/C22H24N2O3S.C9H18/c1-27-21-12-17(22(25)26)9-10-20(21)23-28-24-13-18-8-7-16(11-19(18)14-24)15-5-3-2-4-6-15;1-2-6-9-7-4-3-5-8-9/h5,7-12,23H,2-4,6,13-14H2,1H3,(H,25,26);9H,2-8H2,1H3. The van der Waals surface area contributed by atoms with Gasteiger partial charge in [-0.1, -0.05) is 70.1 Å². The molecule has 1 saturated carbocycles. The topological polar surface area (TPSA) is 61.8 Å². The molecule has 2 aliphatic carbocycles. The Morgan fingerprint density at radius 3 is 2.57 bits per heavy atom. The zero-order chi connectivity index (χ0) is 26.0. The number of ether oxygens (including phenoxy) is 1. The molecule has 5 nitrogen and oxygen atoms in total. The fourth-order valence-corrected chi connectivity index (χ4v) is 6.44. The van der Waals surface area contributed by atoms with Crippen molar-refractivity contribution >= 4 is 29.4 Å². The summed E-state index contributed by atoms with van der Waals surface area (Å²) in [5, 5.41) is 9.12. The number of carbonyl (C=O) groups is 1. The van der Waals surface area contributed by atoms with Gasteiger partial charge in [0.25, 0.3) is 0 Å². The van der Waals surface area contributed by atoms with Gasteiger partial charge in [-0.2, -0.15) is 0 Å². The normalized spacial score (nSPS) is 17.8. The number of hydrogen-bond acceptors (Lipinski definition) is 5. The van der Waals surface area contributed by atoms with Gasteiger partial charge in [-0.15, -0.1) is 0 Å². The quantitative estimate of drug-likeness (QED) is 0.338. The van der Waals surface area contributed by atoms with Crippen LogP contribution in [0.1, 0.15) is 105 Å². The van der Waals surface area contributed by atoms with Gasteiger partial charge in [0.2, 0.25) is 0 Å². The van der Waals surface area contributed by atoms with Crippen LogP contribution >= 0.6 is 12.1 Å². The number of nitrogens with zero attached hydrogens (tertiary/aromatic N) is 1. The predicted octanol–water partition coefficient (Wildman–Crippen LogP) is 8.71. The van der Waals surface area contributed by atoms with E-state index in [0.717, 1.165) is 24.7 Å². The van der Waals surface area contributed by atoms with Gasteiger partial charge in [-0.05, 0) is 78.1 Å². The van der Waals surface area contributed by atoms with E-state index in [2.05, 4.69) is 40.2 Å². The molecule has 0 bridgehead atoms. The molecule has 5 rings (SSSR count). The van der Waals surface area contributed by atoms with Crippen molar-refractivity contribution in [1.29, 1.82) is 0 Å². The van der Waals surface area contributed by atoms with Crippen LogP contribution in [0.15, 0.2) is 42.5 Å². The number of aromatic carboxylic acids is 1. The second-order valence-electron chi connectivity index (χ2n) is 10.5. The van der Waals surface area contributed by atoms with Crippen molar-refractivity contribution in [2.75, 3.05) is 11.8 Å². The molecule has 0 atom stereocenters. The third-order valence-corrected chi connectivity index (χ3v) is 8.54. The maximum Gasteiger partial charge on any atom is 0.335 e. The van der Waals surface area contributed by atoms with Gasteiger partial charge in [0.1, 0.15) is 5.75 Å². The molecule has 0 amide bonds. The number of carboxylic acids is 1. The van der Waals surface area contributed by atoms with E-state index in [4.69, 9.17) is 9.84 Å². The molecule has 2 aromatic carbocycles. The summed E-state index contributed by atoms with van der Waals surface area (Å²) < 4.78 is 10.9. The average Bonchev–Trinajstić information content (AvgIpc) is 3.35. The van der Waals surface area contributed by atoms with Crippen LogP contribution in [0.5, 0.6) is 5.75 Å². The molecule has 3 aliphatic rings. The predicted molar refractivity (Wildman–Crippen MR) is 155 cm³/mol. The summed E-state index contributed by atoms with van der Waals surface area (Å²) in [6, 6.07) is 11.7. The molecule has 2 N–H and O–H groups in total. The number of fused-ring (bicyclic) bond motifs is 1. The van der Waals surface area contributed by atoms with Gasteiger partial charge in [-0.3, -0.25) is 0 Å². The highest BCUT2D eigenvalue weighted by atomic mass is 32.2. The summed E-state index contributed by atoms with van der Waals surface area (Å²) in [7, 11) is 1.55. The molecule has 0 radical (unpaired) electrons. The van der Waals surface area contributed by atoms with Crippen molar-refractivity contribution in [3.63, 3.8) is 0 Å². The molecule has 0 spiro atoms. The number of allylic oxidation sites excluding steroid dienone is 2. The Balaban J connectivity index is 0.000000301. The second-order valence-corrected chi connectivity index (χ2v) is 11.4. The summed E-state index contributed by atoms with van der Waals surface area (Å²) in [4.78, 5) is 11.1. The lowest BCUT2D eigenvalue weighted by Gasteiger charge is -2.20. The summed E-state index contributed by atoms with van der Waals surface area (Å²) in [6.07, 6.45) is 17.8. The first-order chi connectivity index (χ1) is 18.1. The van der Waals surface area contributed by atoms with E-state index < -0.39 is 5.97 Å². The van der Waals surface area contributed by atoms with Crippen LogP contribution in [-0.2, 0) is 13.1 Å². The van der Waals surface area contributed by atoms with Crippen molar-refractivity contribution in [3.8, 4) is 5.75 Å². The number of nitrogens with one attached hydrogen (secondary N) is 1. The highest BCUT2D eigenvalue weighted by molar-refractivity contribution is 7.98. The van der Waals surface area contributed by atoms with Crippen molar-refractivity contribution in [2.24, 2.45) is 5.92 Å². The van der Waals surface area contributed by atoms with Gasteiger partial charge in [0, 0.05) is 25.2 Å². The zero-order valence-corrected chi connectivity index (χ0v) is 23.2. The molecule has 200 valence electrons. The second kappa shape index (κ2) is 13.9. The fraction of sp³-hybridized carbons (Fsp3) is 0.516. The van der Waals surface area contributed by atoms with Gasteiger partial charge < -0.3 is 14.6 Å². The largest absolute Gasteiger partial charge is 0.495 e. The number of hydrogen-bond donors (Lipinski definition) is 2. The number of methoxy groups -OCH3 is 1. The van der Waals surface area contributed by atoms with E-state index in [9.17, 15) is 4.79 Å². The van der Waals surface area contributed by atoms with Crippen LogP contribution in [0.25, 0.3) is 5.57 Å². The third kappa shape index (κ3) is 7.78. The zero-order valence-electron chi connectivity index (χ0n) is 22.4. The first-order valence-electron chi connectivity index (χ1n) is 14.0. The molecule has 37 heavy (non-hydrogen) atoms. The van der Waals surface area contributed by atoms with E-state index in [1.165, 1.54) is 111 Å². The minimum atomic E-state index is -0.962. The molecule has 2 aromatic rings. The van der Waals surface area contributed by atoms with E-state index >= 15 is 0 Å². The molecule has 0 aromatic heterocycles. The van der Waals surface area contributed by atoms with Crippen LogP contribution in [0, 0.1) is 5.92 Å². The van der Waals surface area contributed by atoms with Crippen LogP contribution in [0.2, 0.25) is 0 Å². The van der Waals surface area contributed by atoms with E-state index in [-0.39, 0.29) is 5.56 Å². The minimum absolute atomic E-state index is 0.213. The van der Waals surface area contributed by atoms with Crippen molar-refractivity contribution in [3.05, 3.63) is 64.7 Å². The highest BCUT2D eigenvalue weighted by Gasteiger charge is 2.21.